The van der Waals surface area contributed by atoms with E-state index in [1.165, 1.54) is 0 Å². The summed E-state index contributed by atoms with van der Waals surface area (Å²) in [6, 6.07) is 1.67. The first kappa shape index (κ1) is 18.2. The summed E-state index contributed by atoms with van der Waals surface area (Å²) in [6.45, 7) is 9.80. The molecule has 0 aromatic carbocycles. The highest BCUT2D eigenvalue weighted by Gasteiger charge is 2.24. The fourth-order valence-electron chi connectivity index (χ4n) is 2.86. The van der Waals surface area contributed by atoms with E-state index in [2.05, 4.69) is 28.7 Å². The summed E-state index contributed by atoms with van der Waals surface area (Å²) in [5.41, 5.74) is 0.425. The molecule has 7 nitrogen and oxygen atoms in total. The molecule has 1 aliphatic rings. The van der Waals surface area contributed by atoms with Gasteiger partial charge >= 0.3 is 0 Å². The van der Waals surface area contributed by atoms with Crippen LogP contribution in [-0.2, 0) is 4.79 Å². The van der Waals surface area contributed by atoms with Crippen molar-refractivity contribution in [2.75, 3.05) is 44.2 Å². The number of hydrogen-bond acceptors (Lipinski definition) is 5. The Hall–Kier alpha value is -2.18. The number of carbonyl (C=O) groups is 2. The van der Waals surface area contributed by atoms with Gasteiger partial charge in [0, 0.05) is 52.4 Å². The Kier molecular flexibility index (Phi) is 6.52. The molecule has 1 aliphatic heterocycles. The summed E-state index contributed by atoms with van der Waals surface area (Å²) < 4.78 is 0. The minimum atomic E-state index is -0.0881. The van der Waals surface area contributed by atoms with Gasteiger partial charge in [-0.2, -0.15) is 0 Å². The van der Waals surface area contributed by atoms with Gasteiger partial charge in [0.2, 0.25) is 11.9 Å². The maximum absolute atomic E-state index is 12.7. The summed E-state index contributed by atoms with van der Waals surface area (Å²) in [5.74, 6) is 0.586. The third kappa shape index (κ3) is 4.43. The summed E-state index contributed by atoms with van der Waals surface area (Å²) in [5, 5.41) is 0. The number of anilines is 1. The van der Waals surface area contributed by atoms with Crippen LogP contribution in [0.2, 0.25) is 0 Å². The SMILES string of the molecule is CCCN(CCC)c1nccc(C(=O)N2CCN(C(C)=O)CC2)n1. The summed E-state index contributed by atoms with van der Waals surface area (Å²) in [7, 11) is 0. The lowest BCUT2D eigenvalue weighted by Gasteiger charge is -2.34. The lowest BCUT2D eigenvalue weighted by atomic mass is 10.2. The Bertz CT molecular complexity index is 564. The molecule has 1 fully saturated rings. The van der Waals surface area contributed by atoms with Gasteiger partial charge < -0.3 is 14.7 Å². The summed E-state index contributed by atoms with van der Waals surface area (Å²) >= 11 is 0. The molecule has 0 spiro atoms. The Morgan fingerprint density at radius 1 is 1.08 bits per heavy atom. The first-order valence-electron chi connectivity index (χ1n) is 8.69. The molecular formula is C17H27N5O2. The minimum absolute atomic E-state index is 0.0567. The number of piperazine rings is 1. The first-order valence-corrected chi connectivity index (χ1v) is 8.69. The van der Waals surface area contributed by atoms with Crippen molar-refractivity contribution in [1.82, 2.24) is 19.8 Å². The highest BCUT2D eigenvalue weighted by molar-refractivity contribution is 5.92. The molecule has 7 heteroatoms. The molecule has 24 heavy (non-hydrogen) atoms. The number of nitrogens with zero attached hydrogens (tertiary/aromatic N) is 5. The molecular weight excluding hydrogens is 306 g/mol. The second-order valence-electron chi connectivity index (χ2n) is 6.03. The minimum Gasteiger partial charge on any atom is -0.341 e. The van der Waals surface area contributed by atoms with E-state index in [0.717, 1.165) is 25.9 Å². The van der Waals surface area contributed by atoms with Crippen molar-refractivity contribution in [3.05, 3.63) is 18.0 Å². The molecule has 0 aliphatic carbocycles. The van der Waals surface area contributed by atoms with E-state index in [9.17, 15) is 9.59 Å². The molecule has 0 unspecified atom stereocenters. The number of hydrogen-bond donors (Lipinski definition) is 0. The van der Waals surface area contributed by atoms with E-state index < -0.39 is 0 Å². The third-order valence-electron chi connectivity index (χ3n) is 4.14. The number of rotatable bonds is 6. The molecule has 1 saturated heterocycles. The number of carbonyl (C=O) groups excluding carboxylic acids is 2. The van der Waals surface area contributed by atoms with Crippen molar-refractivity contribution < 1.29 is 9.59 Å². The third-order valence-corrected chi connectivity index (χ3v) is 4.14. The Labute approximate surface area is 143 Å². The normalized spacial score (nSPS) is 14.6. The zero-order valence-corrected chi connectivity index (χ0v) is 14.9. The van der Waals surface area contributed by atoms with E-state index in [1.807, 2.05) is 0 Å². The van der Waals surface area contributed by atoms with E-state index >= 15 is 0 Å². The van der Waals surface area contributed by atoms with Crippen LogP contribution in [0.1, 0.15) is 44.1 Å². The molecule has 1 aromatic heterocycles. The molecule has 0 atom stereocenters. The zero-order chi connectivity index (χ0) is 17.5. The van der Waals surface area contributed by atoms with E-state index in [4.69, 9.17) is 0 Å². The molecule has 2 amide bonds. The van der Waals surface area contributed by atoms with E-state index in [-0.39, 0.29) is 11.8 Å². The molecule has 1 aromatic rings. The van der Waals surface area contributed by atoms with E-state index in [0.29, 0.717) is 37.8 Å². The van der Waals surface area contributed by atoms with E-state index in [1.54, 1.807) is 29.0 Å². The monoisotopic (exact) mass is 333 g/mol. The Morgan fingerprint density at radius 3 is 2.21 bits per heavy atom. The van der Waals surface area contributed by atoms with Gasteiger partial charge in [-0.1, -0.05) is 13.8 Å². The van der Waals surface area contributed by atoms with Gasteiger partial charge in [0.05, 0.1) is 0 Å². The molecule has 0 N–H and O–H groups in total. The molecule has 2 rings (SSSR count). The van der Waals surface area contributed by atoms with Gasteiger partial charge in [-0.05, 0) is 18.9 Å². The summed E-state index contributed by atoms with van der Waals surface area (Å²) in [4.78, 5) is 38.5. The molecule has 2 heterocycles. The van der Waals surface area contributed by atoms with Crippen LogP contribution in [0.5, 0.6) is 0 Å². The number of amides is 2. The van der Waals surface area contributed by atoms with Gasteiger partial charge in [0.25, 0.3) is 5.91 Å². The first-order chi connectivity index (χ1) is 11.6. The van der Waals surface area contributed by atoms with Crippen molar-refractivity contribution in [2.24, 2.45) is 0 Å². The largest absolute Gasteiger partial charge is 0.341 e. The number of aromatic nitrogens is 2. The highest BCUT2D eigenvalue weighted by atomic mass is 16.2. The van der Waals surface area contributed by atoms with Crippen LogP contribution < -0.4 is 4.90 Å². The van der Waals surface area contributed by atoms with Crippen LogP contribution in [0, 0.1) is 0 Å². The highest BCUT2D eigenvalue weighted by Crippen LogP contribution is 2.12. The van der Waals surface area contributed by atoms with Crippen molar-refractivity contribution in [3.8, 4) is 0 Å². The van der Waals surface area contributed by atoms with Crippen LogP contribution in [0.15, 0.2) is 12.3 Å². The van der Waals surface area contributed by atoms with Crippen LogP contribution in [0.25, 0.3) is 0 Å². The van der Waals surface area contributed by atoms with Crippen molar-refractivity contribution in [1.29, 1.82) is 0 Å². The second-order valence-corrected chi connectivity index (χ2v) is 6.03. The maximum atomic E-state index is 12.7. The van der Waals surface area contributed by atoms with Crippen LogP contribution >= 0.6 is 0 Å². The Morgan fingerprint density at radius 2 is 1.67 bits per heavy atom. The molecule has 132 valence electrons. The van der Waals surface area contributed by atoms with Crippen molar-refractivity contribution in [2.45, 2.75) is 33.6 Å². The van der Waals surface area contributed by atoms with Crippen LogP contribution in [0.4, 0.5) is 5.95 Å². The molecule has 0 radical (unpaired) electrons. The lowest BCUT2D eigenvalue weighted by Crippen LogP contribution is -2.50. The average Bonchev–Trinajstić information content (AvgIpc) is 2.61. The topological polar surface area (TPSA) is 69.6 Å². The van der Waals surface area contributed by atoms with Crippen molar-refractivity contribution >= 4 is 17.8 Å². The second kappa shape index (κ2) is 8.61. The average molecular weight is 333 g/mol. The fraction of sp³-hybridized carbons (Fsp3) is 0.647. The molecule has 0 saturated carbocycles. The maximum Gasteiger partial charge on any atom is 0.272 e. The predicted molar refractivity (Wildman–Crippen MR) is 93.0 cm³/mol. The summed E-state index contributed by atoms with van der Waals surface area (Å²) in [6.07, 6.45) is 3.67. The van der Waals surface area contributed by atoms with Crippen LogP contribution in [0.3, 0.4) is 0 Å². The van der Waals surface area contributed by atoms with Gasteiger partial charge in [0.15, 0.2) is 0 Å². The van der Waals surface area contributed by atoms with Gasteiger partial charge in [-0.15, -0.1) is 0 Å². The Balaban J connectivity index is 2.07. The van der Waals surface area contributed by atoms with Gasteiger partial charge in [-0.25, -0.2) is 9.97 Å². The van der Waals surface area contributed by atoms with Crippen LogP contribution in [-0.4, -0.2) is 70.9 Å². The van der Waals surface area contributed by atoms with Crippen molar-refractivity contribution in [3.63, 3.8) is 0 Å². The lowest BCUT2D eigenvalue weighted by molar-refractivity contribution is -0.130. The quantitative estimate of drug-likeness (QED) is 0.787. The fourth-order valence-corrected chi connectivity index (χ4v) is 2.86. The standard InChI is InChI=1S/C17H27N5O2/c1-4-8-22(9-5-2)17-18-7-6-15(19-17)16(24)21-12-10-20(11-13-21)14(3)23/h6-7H,4-5,8-13H2,1-3H3. The zero-order valence-electron chi connectivity index (χ0n) is 14.9. The smallest absolute Gasteiger partial charge is 0.272 e. The van der Waals surface area contributed by atoms with Gasteiger partial charge in [-0.3, -0.25) is 9.59 Å². The predicted octanol–water partition coefficient (Wildman–Crippen LogP) is 1.41. The molecule has 0 bridgehead atoms. The van der Waals surface area contributed by atoms with Gasteiger partial charge in [0.1, 0.15) is 5.69 Å².